The molecule has 1 aromatic heterocycles. The molecule has 6 nitrogen and oxygen atoms in total. The van der Waals surface area contributed by atoms with Gasteiger partial charge in [-0.1, -0.05) is 66.7 Å². The van der Waals surface area contributed by atoms with Gasteiger partial charge in [0.15, 0.2) is 0 Å². The Labute approximate surface area is 235 Å². The van der Waals surface area contributed by atoms with Crippen LogP contribution in [-0.2, 0) is 13.0 Å². The molecular weight excluding hydrogens is 496 g/mol. The average Bonchev–Trinajstić information content (AvgIpc) is 3.34. The van der Waals surface area contributed by atoms with E-state index in [0.717, 1.165) is 59.1 Å². The van der Waals surface area contributed by atoms with E-state index in [1.165, 1.54) is 5.56 Å². The van der Waals surface area contributed by atoms with Crippen LogP contribution in [0.2, 0.25) is 0 Å². The zero-order valence-corrected chi connectivity index (χ0v) is 22.9. The lowest BCUT2D eigenvalue weighted by molar-refractivity contribution is 0.0746. The van der Waals surface area contributed by atoms with E-state index in [0.29, 0.717) is 26.1 Å². The van der Waals surface area contributed by atoms with Gasteiger partial charge < -0.3 is 19.1 Å². The van der Waals surface area contributed by atoms with Gasteiger partial charge in [0, 0.05) is 50.4 Å². The van der Waals surface area contributed by atoms with Crippen LogP contribution in [0.15, 0.2) is 103 Å². The Morgan fingerprint density at radius 2 is 1.52 bits per heavy atom. The molecule has 0 atom stereocenters. The fraction of sp³-hybridized carbons (Fsp3) is 0.235. The molecule has 40 heavy (non-hydrogen) atoms. The Morgan fingerprint density at radius 1 is 0.825 bits per heavy atom. The van der Waals surface area contributed by atoms with Gasteiger partial charge in [-0.2, -0.15) is 0 Å². The molecule has 4 aromatic carbocycles. The first-order chi connectivity index (χ1) is 19.7. The Balaban J connectivity index is 1.21. The lowest BCUT2D eigenvalue weighted by Crippen LogP contribution is -2.48. The lowest BCUT2D eigenvalue weighted by atomic mass is 10.1. The van der Waals surface area contributed by atoms with E-state index >= 15 is 0 Å². The number of carbonyl (C=O) groups excluding carboxylic acids is 1. The highest BCUT2D eigenvalue weighted by Gasteiger charge is 2.24. The molecule has 0 N–H and O–H groups in total. The number of anilines is 1. The second-order valence-electron chi connectivity index (χ2n) is 10.3. The van der Waals surface area contributed by atoms with Crippen LogP contribution in [0.4, 0.5) is 5.69 Å². The molecule has 1 aliphatic heterocycles. The summed E-state index contributed by atoms with van der Waals surface area (Å²) < 4.78 is 8.32. The molecule has 0 saturated carbocycles. The molecule has 2 heterocycles. The smallest absolute Gasteiger partial charge is 0.254 e. The number of carbonyl (C=O) groups is 1. The van der Waals surface area contributed by atoms with E-state index in [1.807, 2.05) is 72.5 Å². The molecule has 202 valence electrons. The van der Waals surface area contributed by atoms with Crippen LogP contribution in [0.3, 0.4) is 0 Å². The van der Waals surface area contributed by atoms with Crippen molar-refractivity contribution in [1.82, 2.24) is 14.5 Å². The molecule has 0 unspecified atom stereocenters. The van der Waals surface area contributed by atoms with Crippen molar-refractivity contribution in [2.75, 3.05) is 37.7 Å². The quantitative estimate of drug-likeness (QED) is 0.248. The highest BCUT2D eigenvalue weighted by molar-refractivity contribution is 5.95. The van der Waals surface area contributed by atoms with Gasteiger partial charge in [-0.25, -0.2) is 4.98 Å². The van der Waals surface area contributed by atoms with Crippen LogP contribution in [-0.4, -0.2) is 53.1 Å². The number of rotatable bonds is 8. The van der Waals surface area contributed by atoms with E-state index in [-0.39, 0.29) is 5.91 Å². The molecule has 6 heteroatoms. The fourth-order valence-corrected chi connectivity index (χ4v) is 5.42. The fourth-order valence-electron chi connectivity index (χ4n) is 5.42. The summed E-state index contributed by atoms with van der Waals surface area (Å²) in [4.78, 5) is 22.5. The SMILES string of the molecule is Cc1ccccc1C(=O)N1CCN(c2ccc3nc(CCOc4ccccc4)n(Cc4ccccc4)c3c2)CC1. The summed E-state index contributed by atoms with van der Waals surface area (Å²) in [7, 11) is 0. The molecule has 1 saturated heterocycles. The van der Waals surface area contributed by atoms with Crippen molar-refractivity contribution in [2.45, 2.75) is 19.9 Å². The average molecular weight is 531 g/mol. The summed E-state index contributed by atoms with van der Waals surface area (Å²) >= 11 is 0. The highest BCUT2D eigenvalue weighted by Crippen LogP contribution is 2.26. The monoisotopic (exact) mass is 530 g/mol. The minimum atomic E-state index is 0.122. The summed E-state index contributed by atoms with van der Waals surface area (Å²) in [5.74, 6) is 2.01. The van der Waals surface area contributed by atoms with Crippen LogP contribution in [0.25, 0.3) is 11.0 Å². The topological polar surface area (TPSA) is 50.6 Å². The minimum absolute atomic E-state index is 0.122. The summed E-state index contributed by atoms with van der Waals surface area (Å²) in [6.45, 7) is 6.32. The van der Waals surface area contributed by atoms with Crippen LogP contribution >= 0.6 is 0 Å². The molecule has 0 aliphatic carbocycles. The second-order valence-corrected chi connectivity index (χ2v) is 10.3. The van der Waals surface area contributed by atoms with Gasteiger partial charge in [0.2, 0.25) is 0 Å². The van der Waals surface area contributed by atoms with Crippen molar-refractivity contribution in [3.8, 4) is 5.75 Å². The third-order valence-electron chi connectivity index (χ3n) is 7.64. The number of benzene rings is 4. The molecule has 5 aromatic rings. The van der Waals surface area contributed by atoms with Crippen LogP contribution in [0.1, 0.15) is 27.3 Å². The summed E-state index contributed by atoms with van der Waals surface area (Å²) in [6, 6.07) is 34.8. The maximum atomic E-state index is 13.1. The third-order valence-corrected chi connectivity index (χ3v) is 7.64. The van der Waals surface area contributed by atoms with Gasteiger partial charge in [0.05, 0.1) is 17.6 Å². The number of imidazole rings is 1. The van der Waals surface area contributed by atoms with Crippen molar-refractivity contribution in [3.05, 3.63) is 126 Å². The normalized spacial score (nSPS) is 13.5. The van der Waals surface area contributed by atoms with E-state index in [9.17, 15) is 4.79 Å². The van der Waals surface area contributed by atoms with Gasteiger partial charge in [-0.3, -0.25) is 4.79 Å². The maximum Gasteiger partial charge on any atom is 0.254 e. The van der Waals surface area contributed by atoms with Crippen LogP contribution in [0, 0.1) is 6.92 Å². The van der Waals surface area contributed by atoms with Crippen molar-refractivity contribution >= 4 is 22.6 Å². The summed E-state index contributed by atoms with van der Waals surface area (Å²) in [5.41, 5.74) is 6.33. The predicted octanol–water partition coefficient (Wildman–Crippen LogP) is 5.98. The minimum Gasteiger partial charge on any atom is -0.493 e. The Bertz CT molecular complexity index is 1590. The number of aromatic nitrogens is 2. The van der Waals surface area contributed by atoms with E-state index in [4.69, 9.17) is 9.72 Å². The molecule has 0 radical (unpaired) electrons. The number of hydrogen-bond acceptors (Lipinski definition) is 4. The van der Waals surface area contributed by atoms with Crippen molar-refractivity contribution in [2.24, 2.45) is 0 Å². The number of ether oxygens (including phenoxy) is 1. The van der Waals surface area contributed by atoms with E-state index in [1.54, 1.807) is 0 Å². The molecule has 6 rings (SSSR count). The summed E-state index contributed by atoms with van der Waals surface area (Å²) in [6.07, 6.45) is 0.714. The highest BCUT2D eigenvalue weighted by atomic mass is 16.5. The van der Waals surface area contributed by atoms with Gasteiger partial charge >= 0.3 is 0 Å². The Hall–Kier alpha value is -4.58. The molecule has 0 spiro atoms. The van der Waals surface area contributed by atoms with Gasteiger partial charge in [0.25, 0.3) is 5.91 Å². The number of nitrogens with zero attached hydrogens (tertiary/aromatic N) is 4. The number of para-hydroxylation sites is 1. The first-order valence-corrected chi connectivity index (χ1v) is 14.0. The molecule has 1 fully saturated rings. The van der Waals surface area contributed by atoms with Crippen molar-refractivity contribution in [3.63, 3.8) is 0 Å². The van der Waals surface area contributed by atoms with Crippen molar-refractivity contribution in [1.29, 1.82) is 0 Å². The first-order valence-electron chi connectivity index (χ1n) is 14.0. The number of fused-ring (bicyclic) bond motifs is 1. The zero-order valence-electron chi connectivity index (χ0n) is 22.9. The molecular formula is C34H34N4O2. The second kappa shape index (κ2) is 11.7. The van der Waals surface area contributed by atoms with Crippen LogP contribution in [0.5, 0.6) is 5.75 Å². The van der Waals surface area contributed by atoms with Gasteiger partial charge in [-0.15, -0.1) is 0 Å². The number of aryl methyl sites for hydroxylation is 1. The molecule has 1 aliphatic rings. The molecule has 0 bridgehead atoms. The first kappa shape index (κ1) is 25.7. The number of hydrogen-bond donors (Lipinski definition) is 0. The van der Waals surface area contributed by atoms with Gasteiger partial charge in [-0.05, 0) is 54.4 Å². The van der Waals surface area contributed by atoms with E-state index in [2.05, 4.69) is 51.9 Å². The van der Waals surface area contributed by atoms with Crippen molar-refractivity contribution < 1.29 is 9.53 Å². The standard InChI is InChI=1S/C34H34N4O2/c1-26-10-8-9-15-30(26)34(39)37-21-19-36(20-22-37)28-16-17-31-32(24-28)38(25-27-11-4-2-5-12-27)33(35-31)18-23-40-29-13-6-3-7-14-29/h2-17,24H,18-23,25H2,1H3. The predicted molar refractivity (Wildman–Crippen MR) is 160 cm³/mol. The number of amides is 1. The van der Waals surface area contributed by atoms with Gasteiger partial charge in [0.1, 0.15) is 11.6 Å². The summed E-state index contributed by atoms with van der Waals surface area (Å²) in [5, 5.41) is 0. The lowest BCUT2D eigenvalue weighted by Gasteiger charge is -2.36. The largest absolute Gasteiger partial charge is 0.493 e. The number of piperazine rings is 1. The molecule has 1 amide bonds. The Kier molecular flexibility index (Phi) is 7.49. The Morgan fingerprint density at radius 3 is 2.27 bits per heavy atom. The third kappa shape index (κ3) is 5.57. The van der Waals surface area contributed by atoms with E-state index < -0.39 is 0 Å². The maximum absolute atomic E-state index is 13.1. The van der Waals surface area contributed by atoms with Crippen LogP contribution < -0.4 is 9.64 Å². The zero-order chi connectivity index (χ0) is 27.3.